The number of para-hydroxylation sites is 2. The highest BCUT2D eigenvalue weighted by Gasteiger charge is 2.17. The Balaban J connectivity index is 1.14. The van der Waals surface area contributed by atoms with Gasteiger partial charge in [-0.3, -0.25) is 0 Å². The zero-order chi connectivity index (χ0) is 33.0. The average molecular weight is 637 g/mol. The van der Waals surface area contributed by atoms with Crippen molar-refractivity contribution < 1.29 is 0 Å². The lowest BCUT2D eigenvalue weighted by Gasteiger charge is -2.10. The zero-order valence-corrected chi connectivity index (χ0v) is 27.4. The molecule has 0 radical (unpaired) electrons. The van der Waals surface area contributed by atoms with E-state index in [4.69, 9.17) is 0 Å². The van der Waals surface area contributed by atoms with Crippen LogP contribution in [-0.4, -0.2) is 9.13 Å². The number of benzene rings is 8. The van der Waals surface area contributed by atoms with Crippen molar-refractivity contribution in [3.05, 3.63) is 194 Å². The maximum atomic E-state index is 2.41. The molecule has 2 heterocycles. The van der Waals surface area contributed by atoms with E-state index < -0.39 is 0 Å². The third-order valence-electron chi connectivity index (χ3n) is 10.1. The first-order valence-electron chi connectivity index (χ1n) is 17.2. The maximum Gasteiger partial charge on any atom is 0.0547 e. The van der Waals surface area contributed by atoms with Gasteiger partial charge >= 0.3 is 0 Å². The van der Waals surface area contributed by atoms with Gasteiger partial charge in [-0.25, -0.2) is 0 Å². The van der Waals surface area contributed by atoms with Crippen molar-refractivity contribution in [2.24, 2.45) is 0 Å². The summed E-state index contributed by atoms with van der Waals surface area (Å²) in [6.45, 7) is 0. The summed E-state index contributed by atoms with van der Waals surface area (Å²) in [6.07, 6.45) is 0. The Morgan fingerprint density at radius 1 is 0.220 bits per heavy atom. The Morgan fingerprint density at radius 3 is 1.28 bits per heavy atom. The number of fused-ring (bicyclic) bond motifs is 6. The molecular weight excluding hydrogens is 605 g/mol. The van der Waals surface area contributed by atoms with Crippen molar-refractivity contribution in [2.75, 3.05) is 0 Å². The molecule has 0 amide bonds. The molecule has 50 heavy (non-hydrogen) atoms. The average Bonchev–Trinajstić information content (AvgIpc) is 3.70. The minimum Gasteiger partial charge on any atom is -0.309 e. The molecule has 2 nitrogen and oxygen atoms in total. The first-order chi connectivity index (χ1) is 24.8. The second-order valence-corrected chi connectivity index (χ2v) is 13.0. The van der Waals surface area contributed by atoms with Crippen LogP contribution < -0.4 is 0 Å². The molecule has 0 atom stereocenters. The molecule has 2 heteroatoms. The molecule has 0 saturated carbocycles. The molecule has 0 bridgehead atoms. The van der Waals surface area contributed by atoms with Crippen LogP contribution in [0.1, 0.15) is 0 Å². The predicted molar refractivity (Wildman–Crippen MR) is 211 cm³/mol. The molecule has 0 spiro atoms. The summed E-state index contributed by atoms with van der Waals surface area (Å²) >= 11 is 0. The van der Waals surface area contributed by atoms with Crippen LogP contribution in [0.2, 0.25) is 0 Å². The topological polar surface area (TPSA) is 9.86 Å². The van der Waals surface area contributed by atoms with Gasteiger partial charge < -0.3 is 9.13 Å². The van der Waals surface area contributed by atoms with E-state index in [1.165, 1.54) is 77.0 Å². The van der Waals surface area contributed by atoms with E-state index in [-0.39, 0.29) is 0 Å². The maximum absolute atomic E-state index is 2.41. The Labute approximate surface area is 290 Å². The number of hydrogen-bond donors (Lipinski definition) is 0. The van der Waals surface area contributed by atoms with Crippen molar-refractivity contribution in [1.29, 1.82) is 0 Å². The highest BCUT2D eigenvalue weighted by molar-refractivity contribution is 6.13. The second-order valence-electron chi connectivity index (χ2n) is 13.0. The fourth-order valence-corrected chi connectivity index (χ4v) is 7.73. The molecule has 0 fully saturated rings. The van der Waals surface area contributed by atoms with Crippen molar-refractivity contribution in [1.82, 2.24) is 9.13 Å². The third kappa shape index (κ3) is 4.57. The van der Waals surface area contributed by atoms with Crippen molar-refractivity contribution >= 4 is 43.6 Å². The Hall–Kier alpha value is -6.64. The van der Waals surface area contributed by atoms with Crippen LogP contribution in [0.25, 0.3) is 88.4 Å². The van der Waals surface area contributed by atoms with Crippen LogP contribution in [0, 0.1) is 0 Å². The molecule has 0 aliphatic heterocycles. The van der Waals surface area contributed by atoms with Crippen LogP contribution >= 0.6 is 0 Å². The molecule has 0 unspecified atom stereocenters. The van der Waals surface area contributed by atoms with Gasteiger partial charge in [-0.05, 0) is 94.0 Å². The Bertz CT molecular complexity index is 2820. The van der Waals surface area contributed by atoms with Gasteiger partial charge in [0.05, 0.1) is 22.1 Å². The lowest BCUT2D eigenvalue weighted by atomic mass is 10.00. The normalized spacial score (nSPS) is 11.6. The summed E-state index contributed by atoms with van der Waals surface area (Å²) in [4.78, 5) is 0. The summed E-state index contributed by atoms with van der Waals surface area (Å²) in [6, 6.07) is 70.4. The van der Waals surface area contributed by atoms with E-state index in [1.807, 2.05) is 0 Å². The standard InChI is InChI=1S/C48H32N2/c1-4-12-33(13-5-1)35-20-25-40(26-21-35)49-45-19-11-10-18-41(45)43-31-37(24-29-46(43)49)38-22-27-42-44-30-36(34-14-6-2-7-15-34)23-28-47(44)50(48(42)32-38)39-16-8-3-9-17-39/h1-32H. The van der Waals surface area contributed by atoms with E-state index in [9.17, 15) is 0 Å². The largest absolute Gasteiger partial charge is 0.309 e. The smallest absolute Gasteiger partial charge is 0.0547 e. The zero-order valence-electron chi connectivity index (χ0n) is 27.4. The van der Waals surface area contributed by atoms with Crippen LogP contribution in [0.3, 0.4) is 0 Å². The summed E-state index contributed by atoms with van der Waals surface area (Å²) in [5.74, 6) is 0. The van der Waals surface area contributed by atoms with E-state index in [2.05, 4.69) is 203 Å². The first-order valence-corrected chi connectivity index (χ1v) is 17.2. The molecular formula is C48H32N2. The second kappa shape index (κ2) is 11.5. The molecule has 8 aromatic carbocycles. The molecule has 0 saturated heterocycles. The van der Waals surface area contributed by atoms with Gasteiger partial charge in [0, 0.05) is 32.9 Å². The van der Waals surface area contributed by atoms with Crippen LogP contribution in [0.5, 0.6) is 0 Å². The highest BCUT2D eigenvalue weighted by atomic mass is 15.0. The van der Waals surface area contributed by atoms with Gasteiger partial charge in [0.1, 0.15) is 0 Å². The fraction of sp³-hybridized carbons (Fsp3) is 0. The molecule has 2 aromatic heterocycles. The molecule has 234 valence electrons. The van der Waals surface area contributed by atoms with E-state index in [0.29, 0.717) is 0 Å². The Kier molecular flexibility index (Phi) is 6.53. The fourth-order valence-electron chi connectivity index (χ4n) is 7.73. The predicted octanol–water partition coefficient (Wildman–Crippen LogP) is 12.9. The van der Waals surface area contributed by atoms with E-state index in [1.54, 1.807) is 0 Å². The van der Waals surface area contributed by atoms with Crippen molar-refractivity contribution in [2.45, 2.75) is 0 Å². The molecule has 10 aromatic rings. The molecule has 0 N–H and O–H groups in total. The van der Waals surface area contributed by atoms with Gasteiger partial charge in [-0.15, -0.1) is 0 Å². The number of hydrogen-bond acceptors (Lipinski definition) is 0. The quantitative estimate of drug-likeness (QED) is 0.178. The van der Waals surface area contributed by atoms with Gasteiger partial charge in [-0.1, -0.05) is 133 Å². The van der Waals surface area contributed by atoms with Gasteiger partial charge in [-0.2, -0.15) is 0 Å². The minimum atomic E-state index is 1.16. The van der Waals surface area contributed by atoms with E-state index >= 15 is 0 Å². The lowest BCUT2D eigenvalue weighted by Crippen LogP contribution is -1.94. The monoisotopic (exact) mass is 636 g/mol. The highest BCUT2D eigenvalue weighted by Crippen LogP contribution is 2.39. The lowest BCUT2D eigenvalue weighted by molar-refractivity contribution is 1.18. The van der Waals surface area contributed by atoms with Gasteiger partial charge in [0.15, 0.2) is 0 Å². The van der Waals surface area contributed by atoms with Crippen molar-refractivity contribution in [3.63, 3.8) is 0 Å². The summed E-state index contributed by atoms with van der Waals surface area (Å²) in [7, 11) is 0. The first kappa shape index (κ1) is 28.4. The number of nitrogens with zero attached hydrogens (tertiary/aromatic N) is 2. The SMILES string of the molecule is c1ccc(-c2ccc(-n3c4ccccc4c4cc(-c5ccc6c7cc(-c8ccccc8)ccc7n(-c7ccccc7)c6c5)ccc43)cc2)cc1. The van der Waals surface area contributed by atoms with Gasteiger partial charge in [0.25, 0.3) is 0 Å². The van der Waals surface area contributed by atoms with Crippen LogP contribution in [0.4, 0.5) is 0 Å². The van der Waals surface area contributed by atoms with Crippen LogP contribution in [-0.2, 0) is 0 Å². The van der Waals surface area contributed by atoms with Crippen molar-refractivity contribution in [3.8, 4) is 44.8 Å². The molecule has 10 rings (SSSR count). The summed E-state index contributed by atoms with van der Waals surface area (Å²) in [5.41, 5.74) is 14.5. The van der Waals surface area contributed by atoms with Crippen LogP contribution in [0.15, 0.2) is 194 Å². The third-order valence-corrected chi connectivity index (χ3v) is 10.1. The number of rotatable bonds is 5. The Morgan fingerprint density at radius 2 is 0.620 bits per heavy atom. The van der Waals surface area contributed by atoms with Gasteiger partial charge in [0.2, 0.25) is 0 Å². The molecule has 0 aliphatic rings. The minimum absolute atomic E-state index is 1.16. The van der Waals surface area contributed by atoms with E-state index in [0.717, 1.165) is 11.4 Å². The summed E-state index contributed by atoms with van der Waals surface area (Å²) < 4.78 is 4.80. The summed E-state index contributed by atoms with van der Waals surface area (Å²) in [5, 5.41) is 5.02. The molecule has 0 aliphatic carbocycles. The number of aromatic nitrogens is 2.